The average Bonchev–Trinajstić information content (AvgIpc) is 2.35. The molecule has 0 aliphatic carbocycles. The van der Waals surface area contributed by atoms with E-state index in [1.165, 1.54) is 23.9 Å². The molecule has 0 atom stereocenters. The third-order valence-electron chi connectivity index (χ3n) is 2.90. The molecule has 1 aromatic carbocycles. The number of thioether (sulfide) groups is 1. The van der Waals surface area contributed by atoms with Crippen LogP contribution in [0.3, 0.4) is 0 Å². The number of benzene rings is 1. The lowest BCUT2D eigenvalue weighted by Gasteiger charge is -2.22. The molecule has 0 aliphatic rings. The Bertz CT molecular complexity index is 464. The van der Waals surface area contributed by atoms with E-state index in [0.29, 0.717) is 10.6 Å². The van der Waals surface area contributed by atoms with Gasteiger partial charge in [-0.25, -0.2) is 8.78 Å². The number of hydrogen-bond donors (Lipinski definition) is 2. The lowest BCUT2D eigenvalue weighted by Crippen LogP contribution is -2.31. The normalized spacial score (nSPS) is 12.7. The lowest BCUT2D eigenvalue weighted by molar-refractivity contribution is 0.305. The van der Waals surface area contributed by atoms with Gasteiger partial charge in [0.05, 0.1) is 0 Å². The number of nitrogens with zero attached hydrogens (tertiary/aromatic N) is 1. The topological polar surface area (TPSA) is 58.6 Å². The summed E-state index contributed by atoms with van der Waals surface area (Å²) in [7, 11) is 0. The van der Waals surface area contributed by atoms with E-state index in [1.54, 1.807) is 0 Å². The van der Waals surface area contributed by atoms with Crippen LogP contribution >= 0.6 is 11.8 Å². The first-order valence-electron chi connectivity index (χ1n) is 5.92. The highest BCUT2D eigenvalue weighted by molar-refractivity contribution is 7.99. The van der Waals surface area contributed by atoms with Crippen molar-refractivity contribution in [1.82, 2.24) is 0 Å². The molecule has 0 radical (unpaired) electrons. The smallest absolute Gasteiger partial charge is 0.144 e. The van der Waals surface area contributed by atoms with Gasteiger partial charge in [-0.15, -0.1) is 11.8 Å². The van der Waals surface area contributed by atoms with E-state index < -0.39 is 17.0 Å². The molecule has 0 bridgehead atoms. The summed E-state index contributed by atoms with van der Waals surface area (Å²) >= 11 is 1.33. The summed E-state index contributed by atoms with van der Waals surface area (Å²) in [5.74, 6) is -0.244. The second-order valence-corrected chi connectivity index (χ2v) is 6.03. The minimum atomic E-state index is -0.574. The van der Waals surface area contributed by atoms with E-state index in [1.807, 2.05) is 13.8 Å². The molecule has 3 nitrogen and oxygen atoms in total. The third kappa shape index (κ3) is 4.70. The largest absolute Gasteiger partial charge is 0.409 e. The molecule has 0 heterocycles. The molecule has 0 amide bonds. The van der Waals surface area contributed by atoms with Crippen LogP contribution in [0, 0.1) is 17.0 Å². The minimum absolute atomic E-state index is 0.186. The van der Waals surface area contributed by atoms with E-state index in [-0.39, 0.29) is 5.84 Å². The van der Waals surface area contributed by atoms with Gasteiger partial charge in [-0.1, -0.05) is 19.0 Å². The summed E-state index contributed by atoms with van der Waals surface area (Å²) in [4.78, 5) is 0.433. The van der Waals surface area contributed by atoms with Crippen molar-refractivity contribution in [3.8, 4) is 0 Å². The van der Waals surface area contributed by atoms with Gasteiger partial charge >= 0.3 is 0 Å². The molecule has 0 fully saturated rings. The fourth-order valence-corrected chi connectivity index (χ4v) is 2.42. The molecular weight excluding hydrogens is 270 g/mol. The van der Waals surface area contributed by atoms with Gasteiger partial charge in [0.2, 0.25) is 0 Å². The lowest BCUT2D eigenvalue weighted by atomic mass is 9.87. The minimum Gasteiger partial charge on any atom is -0.409 e. The molecule has 0 saturated carbocycles. The second-order valence-electron chi connectivity index (χ2n) is 4.90. The Morgan fingerprint density at radius 3 is 2.68 bits per heavy atom. The fourth-order valence-electron chi connectivity index (χ4n) is 1.55. The Hall–Kier alpha value is -1.30. The molecule has 106 valence electrons. The Labute approximate surface area is 115 Å². The van der Waals surface area contributed by atoms with Crippen LogP contribution in [0.15, 0.2) is 28.3 Å². The van der Waals surface area contributed by atoms with Crippen molar-refractivity contribution in [2.45, 2.75) is 31.6 Å². The van der Waals surface area contributed by atoms with Gasteiger partial charge in [0.1, 0.15) is 17.5 Å². The molecular formula is C13H18F2N2OS. The quantitative estimate of drug-likeness (QED) is 0.210. The Morgan fingerprint density at radius 2 is 2.11 bits per heavy atom. The van der Waals surface area contributed by atoms with Gasteiger partial charge in [0.25, 0.3) is 0 Å². The zero-order chi connectivity index (χ0) is 14.5. The number of hydrogen-bond acceptors (Lipinski definition) is 3. The molecule has 0 saturated heterocycles. The fraction of sp³-hybridized carbons (Fsp3) is 0.462. The van der Waals surface area contributed by atoms with E-state index in [4.69, 9.17) is 10.9 Å². The molecule has 6 heteroatoms. The first-order chi connectivity index (χ1) is 8.86. The van der Waals surface area contributed by atoms with E-state index in [9.17, 15) is 8.78 Å². The molecule has 0 aromatic heterocycles. The third-order valence-corrected chi connectivity index (χ3v) is 4.03. The first kappa shape index (κ1) is 15.8. The maximum Gasteiger partial charge on any atom is 0.144 e. The van der Waals surface area contributed by atoms with Gasteiger partial charge in [0.15, 0.2) is 0 Å². The highest BCUT2D eigenvalue weighted by Crippen LogP contribution is 2.27. The molecule has 0 unspecified atom stereocenters. The van der Waals surface area contributed by atoms with Crippen molar-refractivity contribution >= 4 is 17.6 Å². The van der Waals surface area contributed by atoms with Crippen LogP contribution in [0.25, 0.3) is 0 Å². The number of amidine groups is 1. The Balaban J connectivity index is 2.43. The van der Waals surface area contributed by atoms with Crippen LogP contribution in [-0.2, 0) is 0 Å². The van der Waals surface area contributed by atoms with Crippen LogP contribution in [0.5, 0.6) is 0 Å². The standard InChI is InChI=1S/C13H18F2N2OS/c1-13(2,12(16)17-18)6-3-7-19-11-5-4-9(14)8-10(11)15/h4-5,8,18H,3,6-7H2,1-2H3,(H2,16,17). The van der Waals surface area contributed by atoms with Crippen molar-refractivity contribution in [3.05, 3.63) is 29.8 Å². The van der Waals surface area contributed by atoms with E-state index in [2.05, 4.69) is 5.16 Å². The van der Waals surface area contributed by atoms with Crippen LogP contribution < -0.4 is 5.73 Å². The SMILES string of the molecule is CC(C)(CCCSc1ccc(F)cc1F)C(N)=NO. The number of oxime groups is 1. The number of halogens is 2. The van der Waals surface area contributed by atoms with Gasteiger partial charge < -0.3 is 10.9 Å². The molecule has 1 rings (SSSR count). The van der Waals surface area contributed by atoms with Gasteiger partial charge in [0, 0.05) is 16.4 Å². The highest BCUT2D eigenvalue weighted by atomic mass is 32.2. The van der Waals surface area contributed by atoms with Crippen LogP contribution in [0.1, 0.15) is 26.7 Å². The van der Waals surface area contributed by atoms with Gasteiger partial charge in [-0.3, -0.25) is 0 Å². The number of nitrogens with two attached hydrogens (primary N) is 1. The summed E-state index contributed by atoms with van der Waals surface area (Å²) in [6, 6.07) is 3.55. The van der Waals surface area contributed by atoms with Crippen LogP contribution in [0.2, 0.25) is 0 Å². The molecule has 19 heavy (non-hydrogen) atoms. The molecule has 1 aromatic rings. The van der Waals surface area contributed by atoms with Gasteiger partial charge in [-0.2, -0.15) is 0 Å². The molecule has 0 spiro atoms. The van der Waals surface area contributed by atoms with Crippen molar-refractivity contribution in [2.75, 3.05) is 5.75 Å². The second kappa shape index (κ2) is 6.75. The zero-order valence-electron chi connectivity index (χ0n) is 11.0. The zero-order valence-corrected chi connectivity index (χ0v) is 11.8. The molecule has 3 N–H and O–H groups in total. The van der Waals surface area contributed by atoms with E-state index in [0.717, 1.165) is 18.9 Å². The number of rotatable bonds is 6. The Kier molecular flexibility index (Phi) is 5.60. The predicted molar refractivity (Wildman–Crippen MR) is 73.5 cm³/mol. The average molecular weight is 288 g/mol. The van der Waals surface area contributed by atoms with E-state index >= 15 is 0 Å². The highest BCUT2D eigenvalue weighted by Gasteiger charge is 2.22. The van der Waals surface area contributed by atoms with Crippen molar-refractivity contribution in [2.24, 2.45) is 16.3 Å². The van der Waals surface area contributed by atoms with Gasteiger partial charge in [-0.05, 0) is 30.7 Å². The summed E-state index contributed by atoms with van der Waals surface area (Å²) < 4.78 is 26.1. The van der Waals surface area contributed by atoms with Crippen LogP contribution in [0.4, 0.5) is 8.78 Å². The first-order valence-corrected chi connectivity index (χ1v) is 6.91. The maximum atomic E-state index is 13.4. The monoisotopic (exact) mass is 288 g/mol. The van der Waals surface area contributed by atoms with Crippen molar-refractivity contribution in [3.63, 3.8) is 0 Å². The van der Waals surface area contributed by atoms with Crippen LogP contribution in [-0.4, -0.2) is 16.8 Å². The summed E-state index contributed by atoms with van der Waals surface area (Å²) in [5, 5.41) is 11.6. The van der Waals surface area contributed by atoms with Crippen molar-refractivity contribution < 1.29 is 14.0 Å². The predicted octanol–water partition coefficient (Wildman–Crippen LogP) is 3.61. The maximum absolute atomic E-state index is 13.4. The summed E-state index contributed by atoms with van der Waals surface area (Å²) in [6.45, 7) is 3.76. The summed E-state index contributed by atoms with van der Waals surface area (Å²) in [6.07, 6.45) is 1.50. The van der Waals surface area contributed by atoms with Crippen molar-refractivity contribution in [1.29, 1.82) is 0 Å². The molecule has 0 aliphatic heterocycles. The summed E-state index contributed by atoms with van der Waals surface area (Å²) in [5.41, 5.74) is 5.18. The Morgan fingerprint density at radius 1 is 1.42 bits per heavy atom.